The van der Waals surface area contributed by atoms with Gasteiger partial charge in [-0.15, -0.1) is 0 Å². The van der Waals surface area contributed by atoms with Gasteiger partial charge in [-0.05, 0) is 37.5 Å². The molecule has 2 unspecified atom stereocenters. The Bertz CT molecular complexity index is 829. The smallest absolute Gasteiger partial charge is 0.240 e. The Morgan fingerprint density at radius 1 is 1.08 bits per heavy atom. The van der Waals surface area contributed by atoms with Gasteiger partial charge in [0.25, 0.3) is 0 Å². The van der Waals surface area contributed by atoms with E-state index in [-0.39, 0.29) is 11.1 Å². The lowest BCUT2D eigenvalue weighted by molar-refractivity contribution is 0.470. The first-order chi connectivity index (χ1) is 11.7. The molecule has 0 amide bonds. The highest BCUT2D eigenvalue weighted by molar-refractivity contribution is 7.89. The molecule has 0 bridgehead atoms. The molecule has 0 saturated heterocycles. The number of hydrogen-bond acceptors (Lipinski definition) is 3. The third kappa shape index (κ3) is 6.75. The molecule has 0 aromatic heterocycles. The van der Waals surface area contributed by atoms with E-state index in [4.69, 9.17) is 0 Å². The average Bonchev–Trinajstić information content (AvgIpc) is 2.52. The molecule has 136 valence electrons. The molecule has 0 radical (unpaired) electrons. The zero-order chi connectivity index (χ0) is 18.5. The molecule has 0 fully saturated rings. The minimum Gasteiger partial charge on any atom is -0.344 e. The molecule has 5 nitrogen and oxygen atoms in total. The fourth-order valence-electron chi connectivity index (χ4n) is 2.59. The number of benzene rings is 2. The van der Waals surface area contributed by atoms with E-state index < -0.39 is 23.4 Å². The quantitative estimate of drug-likeness (QED) is 0.688. The second kappa shape index (κ2) is 8.28. The van der Waals surface area contributed by atoms with Crippen LogP contribution in [-0.4, -0.2) is 32.2 Å². The van der Waals surface area contributed by atoms with Crippen molar-refractivity contribution in [2.24, 2.45) is 0 Å². The summed E-state index contributed by atoms with van der Waals surface area (Å²) in [5, 5.41) is 0. The third-order valence-electron chi connectivity index (χ3n) is 3.84. The molecule has 7 heteroatoms. The van der Waals surface area contributed by atoms with E-state index in [2.05, 4.69) is 4.72 Å². The lowest BCUT2D eigenvalue weighted by Crippen LogP contribution is -2.37. The van der Waals surface area contributed by atoms with Crippen LogP contribution in [0.25, 0.3) is 0 Å². The van der Waals surface area contributed by atoms with Crippen molar-refractivity contribution in [2.45, 2.75) is 30.7 Å². The SMILES string of the molecule is Cc1ccc(S(=O)(=O)NC(CCc2ccccc2)CP(C)(=O)O)cc1. The normalized spacial score (nSPS) is 15.5. The van der Waals surface area contributed by atoms with Crippen molar-refractivity contribution in [1.82, 2.24) is 4.72 Å². The van der Waals surface area contributed by atoms with Crippen molar-refractivity contribution in [2.75, 3.05) is 12.8 Å². The van der Waals surface area contributed by atoms with Crippen LogP contribution in [-0.2, 0) is 21.0 Å². The van der Waals surface area contributed by atoms with Crippen molar-refractivity contribution in [3.63, 3.8) is 0 Å². The zero-order valence-corrected chi connectivity index (χ0v) is 16.1. The van der Waals surface area contributed by atoms with E-state index in [0.29, 0.717) is 12.8 Å². The predicted octanol–water partition coefficient (Wildman–Crippen LogP) is 3.17. The summed E-state index contributed by atoms with van der Waals surface area (Å²) in [5.74, 6) is 0. The van der Waals surface area contributed by atoms with Crippen molar-refractivity contribution in [3.8, 4) is 0 Å². The summed E-state index contributed by atoms with van der Waals surface area (Å²) < 4.78 is 39.6. The molecule has 2 aromatic carbocycles. The number of sulfonamides is 1. The molecular formula is C18H24NO4PS. The van der Waals surface area contributed by atoms with Gasteiger partial charge in [0, 0.05) is 18.9 Å². The van der Waals surface area contributed by atoms with Crippen molar-refractivity contribution >= 4 is 17.4 Å². The molecule has 2 rings (SSSR count). The number of aryl methyl sites for hydroxylation is 2. The Labute approximate surface area is 149 Å². The summed E-state index contributed by atoms with van der Waals surface area (Å²) in [6.45, 7) is 3.13. The third-order valence-corrected chi connectivity index (χ3v) is 6.49. The first-order valence-electron chi connectivity index (χ1n) is 8.08. The van der Waals surface area contributed by atoms with E-state index in [0.717, 1.165) is 11.1 Å². The van der Waals surface area contributed by atoms with Crippen LogP contribution in [0.4, 0.5) is 0 Å². The van der Waals surface area contributed by atoms with Gasteiger partial charge in [-0.2, -0.15) is 0 Å². The minimum absolute atomic E-state index is 0.0923. The van der Waals surface area contributed by atoms with E-state index in [1.165, 1.54) is 18.8 Å². The fourth-order valence-corrected chi connectivity index (χ4v) is 5.07. The Balaban J connectivity index is 2.14. The van der Waals surface area contributed by atoms with Crippen LogP contribution in [0.5, 0.6) is 0 Å². The summed E-state index contributed by atoms with van der Waals surface area (Å²) in [7, 11) is -7.09. The van der Waals surface area contributed by atoms with Crippen LogP contribution in [0.2, 0.25) is 0 Å². The summed E-state index contributed by atoms with van der Waals surface area (Å²) in [6.07, 6.45) is 0.986. The molecule has 2 atom stereocenters. The largest absolute Gasteiger partial charge is 0.344 e. The fraction of sp³-hybridized carbons (Fsp3) is 0.333. The van der Waals surface area contributed by atoms with E-state index in [1.54, 1.807) is 12.1 Å². The monoisotopic (exact) mass is 381 g/mol. The number of hydrogen-bond donors (Lipinski definition) is 2. The molecule has 0 heterocycles. The second-order valence-electron chi connectivity index (χ2n) is 6.39. The topological polar surface area (TPSA) is 83.5 Å². The van der Waals surface area contributed by atoms with Gasteiger partial charge in [0.15, 0.2) is 7.37 Å². The zero-order valence-electron chi connectivity index (χ0n) is 14.4. The van der Waals surface area contributed by atoms with Gasteiger partial charge in [0.05, 0.1) is 4.90 Å². The van der Waals surface area contributed by atoms with Crippen molar-refractivity contribution < 1.29 is 17.9 Å². The van der Waals surface area contributed by atoms with Crippen LogP contribution < -0.4 is 4.72 Å². The van der Waals surface area contributed by atoms with Gasteiger partial charge in [-0.25, -0.2) is 13.1 Å². The van der Waals surface area contributed by atoms with Gasteiger partial charge in [0.2, 0.25) is 10.0 Å². The predicted molar refractivity (Wildman–Crippen MR) is 101 cm³/mol. The highest BCUT2D eigenvalue weighted by atomic mass is 32.2. The molecule has 25 heavy (non-hydrogen) atoms. The lowest BCUT2D eigenvalue weighted by Gasteiger charge is -2.20. The first kappa shape index (κ1) is 19.9. The first-order valence-corrected chi connectivity index (χ1v) is 11.9. The number of rotatable bonds is 8. The molecule has 2 N–H and O–H groups in total. The molecule has 0 aliphatic carbocycles. The van der Waals surface area contributed by atoms with Gasteiger partial charge in [-0.1, -0.05) is 48.0 Å². The summed E-state index contributed by atoms with van der Waals surface area (Å²) in [6, 6.07) is 15.6. The van der Waals surface area contributed by atoms with Crippen LogP contribution in [0, 0.1) is 6.92 Å². The Hall–Kier alpha value is -1.46. The maximum atomic E-state index is 12.6. The molecule has 2 aromatic rings. The van der Waals surface area contributed by atoms with E-state index in [1.807, 2.05) is 37.3 Å². The van der Waals surface area contributed by atoms with E-state index in [9.17, 15) is 17.9 Å². The van der Waals surface area contributed by atoms with Gasteiger partial charge >= 0.3 is 0 Å². The summed E-state index contributed by atoms with van der Waals surface area (Å²) >= 11 is 0. The van der Waals surface area contributed by atoms with E-state index >= 15 is 0 Å². The summed E-state index contributed by atoms with van der Waals surface area (Å²) in [4.78, 5) is 9.87. The van der Waals surface area contributed by atoms with Crippen molar-refractivity contribution in [1.29, 1.82) is 0 Å². The second-order valence-corrected chi connectivity index (χ2v) is 10.6. The summed E-state index contributed by atoms with van der Waals surface area (Å²) in [5.41, 5.74) is 2.03. The Morgan fingerprint density at radius 3 is 2.24 bits per heavy atom. The van der Waals surface area contributed by atoms with Crippen LogP contribution in [0.15, 0.2) is 59.5 Å². The van der Waals surface area contributed by atoms with Gasteiger partial charge in [-0.3, -0.25) is 4.57 Å². The van der Waals surface area contributed by atoms with Crippen LogP contribution in [0.1, 0.15) is 17.5 Å². The number of nitrogens with one attached hydrogen (secondary N) is 1. The highest BCUT2D eigenvalue weighted by Crippen LogP contribution is 2.36. The molecule has 0 aliphatic heterocycles. The average molecular weight is 381 g/mol. The Kier molecular flexibility index (Phi) is 6.58. The Morgan fingerprint density at radius 2 is 1.68 bits per heavy atom. The highest BCUT2D eigenvalue weighted by Gasteiger charge is 2.25. The van der Waals surface area contributed by atoms with Crippen molar-refractivity contribution in [3.05, 3.63) is 65.7 Å². The van der Waals surface area contributed by atoms with Crippen LogP contribution >= 0.6 is 7.37 Å². The molecule has 0 spiro atoms. The standard InChI is InChI=1S/C18H24NO4PS/c1-15-8-12-18(13-9-15)25(22,23)19-17(14-24(2,20)21)11-10-16-6-4-3-5-7-16/h3-9,12-13,17,19H,10-11,14H2,1-2H3,(H,20,21). The maximum absolute atomic E-state index is 12.6. The maximum Gasteiger partial charge on any atom is 0.240 e. The lowest BCUT2D eigenvalue weighted by atomic mass is 10.1. The minimum atomic E-state index is -3.74. The molecule has 0 aliphatic rings. The van der Waals surface area contributed by atoms with Gasteiger partial charge in [0.1, 0.15) is 0 Å². The molecular weight excluding hydrogens is 357 g/mol. The molecule has 0 saturated carbocycles. The van der Waals surface area contributed by atoms with Gasteiger partial charge < -0.3 is 4.89 Å². The van der Waals surface area contributed by atoms with Crippen LogP contribution in [0.3, 0.4) is 0 Å².